The Kier molecular flexibility index (Phi) is 6.10. The number of aryl methyl sites for hydroxylation is 2. The van der Waals surface area contributed by atoms with Crippen molar-refractivity contribution in [2.75, 3.05) is 30.3 Å². The van der Waals surface area contributed by atoms with Gasteiger partial charge in [0.05, 0.1) is 4.90 Å². The summed E-state index contributed by atoms with van der Waals surface area (Å²) in [5, 5.41) is 6.23. The third-order valence-electron chi connectivity index (χ3n) is 3.25. The highest BCUT2D eigenvalue weighted by Gasteiger charge is 2.12. The number of aromatic nitrogens is 2. The summed E-state index contributed by atoms with van der Waals surface area (Å²) in [4.78, 5) is 8.81. The minimum Gasteiger partial charge on any atom is -0.370 e. The molecule has 0 saturated heterocycles. The van der Waals surface area contributed by atoms with Crippen molar-refractivity contribution < 1.29 is 8.42 Å². The fraction of sp³-hybridized carbons (Fsp3) is 0.375. The van der Waals surface area contributed by atoms with Gasteiger partial charge in [0.1, 0.15) is 17.5 Å². The third-order valence-corrected chi connectivity index (χ3v) is 4.73. The van der Waals surface area contributed by atoms with Crippen LogP contribution >= 0.6 is 0 Å². The van der Waals surface area contributed by atoms with Gasteiger partial charge in [-0.2, -0.15) is 0 Å². The van der Waals surface area contributed by atoms with Crippen molar-refractivity contribution in [3.8, 4) is 0 Å². The summed E-state index contributed by atoms with van der Waals surface area (Å²) < 4.78 is 26.9. The maximum absolute atomic E-state index is 12.2. The third kappa shape index (κ3) is 5.17. The second kappa shape index (κ2) is 8.07. The van der Waals surface area contributed by atoms with Crippen LogP contribution in [0.15, 0.2) is 35.2 Å². The van der Waals surface area contributed by atoms with E-state index in [1.165, 1.54) is 0 Å². The SMILES string of the molecule is CCNc1cc(NCCNS(=O)(=O)c2ccc(C)cc2)nc(C)n1. The smallest absolute Gasteiger partial charge is 0.240 e. The van der Waals surface area contributed by atoms with Gasteiger partial charge in [0.2, 0.25) is 10.0 Å². The Hall–Kier alpha value is -2.19. The normalized spacial score (nSPS) is 11.3. The minimum atomic E-state index is -3.49. The molecule has 24 heavy (non-hydrogen) atoms. The topological polar surface area (TPSA) is 96.0 Å². The molecule has 130 valence electrons. The summed E-state index contributed by atoms with van der Waals surface area (Å²) in [5.74, 6) is 2.05. The lowest BCUT2D eigenvalue weighted by atomic mass is 10.2. The number of anilines is 2. The summed E-state index contributed by atoms with van der Waals surface area (Å²) in [6, 6.07) is 8.55. The van der Waals surface area contributed by atoms with E-state index >= 15 is 0 Å². The van der Waals surface area contributed by atoms with Crippen LogP contribution in [0.25, 0.3) is 0 Å². The molecule has 3 N–H and O–H groups in total. The van der Waals surface area contributed by atoms with Crippen molar-refractivity contribution >= 4 is 21.7 Å². The van der Waals surface area contributed by atoms with Crippen LogP contribution in [0, 0.1) is 13.8 Å². The predicted octanol–water partition coefficient (Wildman–Crippen LogP) is 1.92. The molecule has 0 unspecified atom stereocenters. The number of hydrogen-bond acceptors (Lipinski definition) is 6. The Morgan fingerprint density at radius 1 is 0.958 bits per heavy atom. The summed E-state index contributed by atoms with van der Waals surface area (Å²) in [7, 11) is -3.49. The largest absolute Gasteiger partial charge is 0.370 e. The van der Waals surface area contributed by atoms with Gasteiger partial charge < -0.3 is 10.6 Å². The number of benzene rings is 1. The average molecular weight is 349 g/mol. The first-order chi connectivity index (χ1) is 11.4. The zero-order valence-corrected chi connectivity index (χ0v) is 14.9. The second-order valence-electron chi connectivity index (χ2n) is 5.35. The lowest BCUT2D eigenvalue weighted by Gasteiger charge is -2.10. The first-order valence-electron chi connectivity index (χ1n) is 7.80. The Morgan fingerprint density at radius 2 is 1.58 bits per heavy atom. The van der Waals surface area contributed by atoms with E-state index in [0.29, 0.717) is 18.2 Å². The van der Waals surface area contributed by atoms with Gasteiger partial charge in [0.25, 0.3) is 0 Å². The van der Waals surface area contributed by atoms with Gasteiger partial charge in [-0.05, 0) is 32.9 Å². The molecule has 0 aliphatic heterocycles. The highest BCUT2D eigenvalue weighted by Crippen LogP contribution is 2.11. The zero-order valence-electron chi connectivity index (χ0n) is 14.1. The minimum absolute atomic E-state index is 0.260. The van der Waals surface area contributed by atoms with Crippen LogP contribution in [0.1, 0.15) is 18.3 Å². The van der Waals surface area contributed by atoms with E-state index in [9.17, 15) is 8.42 Å². The molecule has 0 radical (unpaired) electrons. The molecule has 0 amide bonds. The molecule has 0 aliphatic carbocycles. The molecule has 0 aliphatic rings. The van der Waals surface area contributed by atoms with Crippen LogP contribution in [0.2, 0.25) is 0 Å². The lowest BCUT2D eigenvalue weighted by molar-refractivity contribution is 0.583. The monoisotopic (exact) mass is 349 g/mol. The Labute approximate surface area is 143 Å². The van der Waals surface area contributed by atoms with Crippen LogP contribution in [-0.2, 0) is 10.0 Å². The van der Waals surface area contributed by atoms with Crippen molar-refractivity contribution in [3.05, 3.63) is 41.7 Å². The Morgan fingerprint density at radius 3 is 2.21 bits per heavy atom. The van der Waals surface area contributed by atoms with Gasteiger partial charge >= 0.3 is 0 Å². The van der Waals surface area contributed by atoms with Gasteiger partial charge in [-0.3, -0.25) is 0 Å². The molecule has 2 rings (SSSR count). The summed E-state index contributed by atoms with van der Waals surface area (Å²) in [5.41, 5.74) is 1.02. The van der Waals surface area contributed by atoms with E-state index in [0.717, 1.165) is 17.9 Å². The zero-order chi connectivity index (χ0) is 17.6. The van der Waals surface area contributed by atoms with Crippen LogP contribution in [0.5, 0.6) is 0 Å². The van der Waals surface area contributed by atoms with E-state index in [1.54, 1.807) is 30.3 Å². The standard InChI is InChI=1S/C16H23N5O2S/c1-4-17-15-11-16(21-13(3)20-15)18-9-10-19-24(22,23)14-7-5-12(2)6-8-14/h5-8,11,19H,4,9-10H2,1-3H3,(H2,17,18,20,21). The van der Waals surface area contributed by atoms with Gasteiger partial charge in [0.15, 0.2) is 0 Å². The Bertz CT molecular complexity index is 776. The molecule has 0 fully saturated rings. The van der Waals surface area contributed by atoms with E-state index in [2.05, 4.69) is 25.3 Å². The number of nitrogens with zero attached hydrogens (tertiary/aromatic N) is 2. The molecule has 0 spiro atoms. The highest BCUT2D eigenvalue weighted by molar-refractivity contribution is 7.89. The van der Waals surface area contributed by atoms with Crippen LogP contribution < -0.4 is 15.4 Å². The number of sulfonamides is 1. The van der Waals surface area contributed by atoms with Crippen molar-refractivity contribution in [1.82, 2.24) is 14.7 Å². The van der Waals surface area contributed by atoms with E-state index in [1.807, 2.05) is 20.8 Å². The molecule has 2 aromatic rings. The van der Waals surface area contributed by atoms with E-state index in [4.69, 9.17) is 0 Å². The van der Waals surface area contributed by atoms with E-state index < -0.39 is 10.0 Å². The van der Waals surface area contributed by atoms with Crippen molar-refractivity contribution in [1.29, 1.82) is 0 Å². The van der Waals surface area contributed by atoms with Crippen LogP contribution in [0.3, 0.4) is 0 Å². The molecule has 7 nitrogen and oxygen atoms in total. The maximum atomic E-state index is 12.2. The summed E-state index contributed by atoms with van der Waals surface area (Å²) in [6.45, 7) is 7.17. The predicted molar refractivity (Wildman–Crippen MR) is 95.8 cm³/mol. The van der Waals surface area contributed by atoms with Gasteiger partial charge in [0, 0.05) is 25.7 Å². The maximum Gasteiger partial charge on any atom is 0.240 e. The summed E-state index contributed by atoms with van der Waals surface area (Å²) >= 11 is 0. The molecule has 8 heteroatoms. The van der Waals surface area contributed by atoms with E-state index in [-0.39, 0.29) is 11.4 Å². The van der Waals surface area contributed by atoms with Gasteiger partial charge in [-0.1, -0.05) is 17.7 Å². The molecule has 1 aromatic heterocycles. The van der Waals surface area contributed by atoms with Gasteiger partial charge in [-0.25, -0.2) is 23.1 Å². The summed E-state index contributed by atoms with van der Waals surface area (Å²) in [6.07, 6.45) is 0. The van der Waals surface area contributed by atoms with Crippen molar-refractivity contribution in [3.63, 3.8) is 0 Å². The molecule has 1 aromatic carbocycles. The first kappa shape index (κ1) is 18.2. The number of rotatable bonds is 8. The fourth-order valence-corrected chi connectivity index (χ4v) is 3.14. The molecular formula is C16H23N5O2S. The van der Waals surface area contributed by atoms with Crippen molar-refractivity contribution in [2.24, 2.45) is 0 Å². The molecule has 0 atom stereocenters. The fourth-order valence-electron chi connectivity index (χ4n) is 2.11. The average Bonchev–Trinajstić information content (AvgIpc) is 2.52. The molecule has 0 saturated carbocycles. The quantitative estimate of drug-likeness (QED) is 0.630. The van der Waals surface area contributed by atoms with Crippen molar-refractivity contribution in [2.45, 2.75) is 25.7 Å². The number of nitrogens with one attached hydrogen (secondary N) is 3. The van der Waals surface area contributed by atoms with Crippen LogP contribution in [0.4, 0.5) is 11.6 Å². The molecule has 1 heterocycles. The highest BCUT2D eigenvalue weighted by atomic mass is 32.2. The molecule has 0 bridgehead atoms. The van der Waals surface area contributed by atoms with Crippen LogP contribution in [-0.4, -0.2) is 38.0 Å². The lowest BCUT2D eigenvalue weighted by Crippen LogP contribution is -2.29. The first-order valence-corrected chi connectivity index (χ1v) is 9.29. The number of hydrogen-bond donors (Lipinski definition) is 3. The molecular weight excluding hydrogens is 326 g/mol. The Balaban J connectivity index is 1.89. The van der Waals surface area contributed by atoms with Gasteiger partial charge in [-0.15, -0.1) is 0 Å². The second-order valence-corrected chi connectivity index (χ2v) is 7.12.